The van der Waals surface area contributed by atoms with Crippen molar-refractivity contribution in [1.29, 1.82) is 0 Å². The van der Waals surface area contributed by atoms with Crippen molar-refractivity contribution in [3.63, 3.8) is 0 Å². The molecule has 5 nitrogen and oxygen atoms in total. The van der Waals surface area contributed by atoms with Crippen molar-refractivity contribution < 1.29 is 9.21 Å². The zero-order valence-electron chi connectivity index (χ0n) is 14.4. The van der Waals surface area contributed by atoms with Gasteiger partial charge in [0.25, 0.3) is 0 Å². The lowest BCUT2D eigenvalue weighted by Gasteiger charge is -2.35. The van der Waals surface area contributed by atoms with Gasteiger partial charge in [0.2, 0.25) is 5.91 Å². The van der Waals surface area contributed by atoms with E-state index in [4.69, 9.17) is 10.2 Å². The van der Waals surface area contributed by atoms with E-state index < -0.39 is 0 Å². The fourth-order valence-electron chi connectivity index (χ4n) is 3.71. The van der Waals surface area contributed by atoms with Gasteiger partial charge >= 0.3 is 0 Å². The molecule has 0 unspecified atom stereocenters. The molecule has 1 heterocycles. The van der Waals surface area contributed by atoms with Gasteiger partial charge in [0.15, 0.2) is 11.5 Å². The first kappa shape index (κ1) is 17.0. The Hall–Kier alpha value is -1.88. The Bertz CT molecular complexity index is 702. The second-order valence-corrected chi connectivity index (χ2v) is 7.07. The fraction of sp³-hybridized carbons (Fsp3) is 0.579. The lowest BCUT2D eigenvalue weighted by atomic mass is 9.71. The first-order valence-electron chi connectivity index (χ1n) is 8.94. The van der Waals surface area contributed by atoms with Crippen molar-refractivity contribution in [3.05, 3.63) is 29.7 Å². The zero-order chi connectivity index (χ0) is 17.0. The average Bonchev–Trinajstić information content (AvgIpc) is 3.00. The number of fused-ring (bicyclic) bond motifs is 1. The topological polar surface area (TPSA) is 81.2 Å². The predicted molar refractivity (Wildman–Crippen MR) is 94.6 cm³/mol. The number of nitrogens with zero attached hydrogens (tertiary/aromatic N) is 1. The van der Waals surface area contributed by atoms with Crippen LogP contribution in [0.25, 0.3) is 11.1 Å². The van der Waals surface area contributed by atoms with Crippen LogP contribution in [0.5, 0.6) is 0 Å². The Labute approximate surface area is 143 Å². The second-order valence-electron chi connectivity index (χ2n) is 7.07. The van der Waals surface area contributed by atoms with Gasteiger partial charge in [-0.3, -0.25) is 4.79 Å². The summed E-state index contributed by atoms with van der Waals surface area (Å²) in [6, 6.07) is 5.91. The third kappa shape index (κ3) is 3.78. The zero-order valence-corrected chi connectivity index (χ0v) is 14.4. The van der Waals surface area contributed by atoms with E-state index in [1.165, 1.54) is 19.3 Å². The van der Waals surface area contributed by atoms with Crippen LogP contribution in [-0.4, -0.2) is 24.0 Å². The van der Waals surface area contributed by atoms with E-state index in [2.05, 4.69) is 10.3 Å². The Morgan fingerprint density at radius 2 is 2.12 bits per heavy atom. The summed E-state index contributed by atoms with van der Waals surface area (Å²) in [6.45, 7) is 3.17. The number of aromatic nitrogens is 1. The maximum absolute atomic E-state index is 12.3. The molecule has 1 saturated carbocycles. The number of aryl methyl sites for hydroxylation is 1. The quantitative estimate of drug-likeness (QED) is 0.853. The minimum absolute atomic E-state index is 0.0110. The van der Waals surface area contributed by atoms with Crippen LogP contribution in [0.15, 0.2) is 22.6 Å². The van der Waals surface area contributed by atoms with E-state index in [1.54, 1.807) is 0 Å². The molecule has 0 radical (unpaired) electrons. The molecule has 1 aliphatic carbocycles. The van der Waals surface area contributed by atoms with Gasteiger partial charge in [-0.1, -0.05) is 31.4 Å². The molecule has 3 rings (SSSR count). The summed E-state index contributed by atoms with van der Waals surface area (Å²) in [6.07, 6.45) is 6.92. The number of hydrogen-bond acceptors (Lipinski definition) is 4. The highest BCUT2D eigenvalue weighted by Gasteiger charge is 2.32. The lowest BCUT2D eigenvalue weighted by molar-refractivity contribution is -0.123. The van der Waals surface area contributed by atoms with E-state index in [-0.39, 0.29) is 11.3 Å². The van der Waals surface area contributed by atoms with Crippen LogP contribution < -0.4 is 11.1 Å². The second kappa shape index (κ2) is 7.34. The Kier molecular flexibility index (Phi) is 5.19. The van der Waals surface area contributed by atoms with Crippen molar-refractivity contribution in [2.45, 2.75) is 51.9 Å². The smallest absolute Gasteiger partial charge is 0.220 e. The van der Waals surface area contributed by atoms with Crippen molar-refractivity contribution in [2.24, 2.45) is 11.1 Å². The minimum Gasteiger partial charge on any atom is -0.441 e. The van der Waals surface area contributed by atoms with Gasteiger partial charge in [-0.2, -0.15) is 0 Å². The number of nitrogens with one attached hydrogen (secondary N) is 1. The number of nitrogens with two attached hydrogens (primary N) is 1. The molecule has 2 aromatic rings. The molecule has 1 aromatic carbocycles. The number of benzene rings is 1. The predicted octanol–water partition coefficient (Wildman–Crippen LogP) is 3.09. The average molecular weight is 329 g/mol. The molecule has 0 saturated heterocycles. The Morgan fingerprint density at radius 1 is 1.33 bits per heavy atom. The van der Waals surface area contributed by atoms with Gasteiger partial charge in [0, 0.05) is 19.4 Å². The highest BCUT2D eigenvalue weighted by atomic mass is 16.3. The van der Waals surface area contributed by atoms with Crippen molar-refractivity contribution >= 4 is 17.0 Å². The highest BCUT2D eigenvalue weighted by molar-refractivity contribution is 5.77. The van der Waals surface area contributed by atoms with Crippen LogP contribution >= 0.6 is 0 Å². The summed E-state index contributed by atoms with van der Waals surface area (Å²) in [7, 11) is 0. The van der Waals surface area contributed by atoms with E-state index >= 15 is 0 Å². The van der Waals surface area contributed by atoms with Crippen LogP contribution in [-0.2, 0) is 11.2 Å². The molecule has 0 spiro atoms. The van der Waals surface area contributed by atoms with Crippen LogP contribution in [0, 0.1) is 12.3 Å². The number of amides is 1. The molecule has 130 valence electrons. The van der Waals surface area contributed by atoms with Crippen LogP contribution in [0.2, 0.25) is 0 Å². The van der Waals surface area contributed by atoms with Gasteiger partial charge < -0.3 is 15.5 Å². The number of para-hydroxylation sites is 1. The highest BCUT2D eigenvalue weighted by Crippen LogP contribution is 2.38. The maximum Gasteiger partial charge on any atom is 0.220 e. The molecule has 0 aliphatic heterocycles. The molecular formula is C19H27N3O2. The molecule has 1 aliphatic rings. The van der Waals surface area contributed by atoms with Gasteiger partial charge in [-0.15, -0.1) is 0 Å². The number of rotatable bonds is 6. The maximum atomic E-state index is 12.3. The molecule has 1 aromatic heterocycles. The van der Waals surface area contributed by atoms with Crippen LogP contribution in [0.4, 0.5) is 0 Å². The van der Waals surface area contributed by atoms with Crippen LogP contribution in [0.3, 0.4) is 0 Å². The van der Waals surface area contributed by atoms with Crippen molar-refractivity contribution in [1.82, 2.24) is 10.3 Å². The third-order valence-corrected chi connectivity index (χ3v) is 5.21. The molecular weight excluding hydrogens is 302 g/mol. The monoisotopic (exact) mass is 329 g/mol. The molecule has 1 fully saturated rings. The van der Waals surface area contributed by atoms with E-state index in [0.29, 0.717) is 31.8 Å². The van der Waals surface area contributed by atoms with Gasteiger partial charge in [0.1, 0.15) is 5.52 Å². The molecule has 0 bridgehead atoms. The summed E-state index contributed by atoms with van der Waals surface area (Å²) in [4.78, 5) is 16.8. The van der Waals surface area contributed by atoms with Crippen LogP contribution in [0.1, 0.15) is 50.0 Å². The molecule has 24 heavy (non-hydrogen) atoms. The van der Waals surface area contributed by atoms with E-state index in [0.717, 1.165) is 29.5 Å². The van der Waals surface area contributed by atoms with Crippen molar-refractivity contribution in [3.8, 4) is 0 Å². The summed E-state index contributed by atoms with van der Waals surface area (Å²) in [5.74, 6) is 0.764. The third-order valence-electron chi connectivity index (χ3n) is 5.21. The number of carbonyl (C=O) groups is 1. The van der Waals surface area contributed by atoms with E-state index in [9.17, 15) is 4.79 Å². The Morgan fingerprint density at radius 3 is 2.83 bits per heavy atom. The standard InChI is InChI=1S/C19H27N3O2/c1-14-6-5-7-15-18(14)22-17(24-15)8-11-21-16(23)12-19(13-20)9-3-2-4-10-19/h5-7H,2-4,8-13,20H2,1H3,(H,21,23). The molecule has 3 N–H and O–H groups in total. The summed E-state index contributed by atoms with van der Waals surface area (Å²) in [5.41, 5.74) is 8.79. The van der Waals surface area contributed by atoms with Gasteiger partial charge in [0.05, 0.1) is 0 Å². The fourth-order valence-corrected chi connectivity index (χ4v) is 3.71. The largest absolute Gasteiger partial charge is 0.441 e. The first-order chi connectivity index (χ1) is 11.6. The lowest BCUT2D eigenvalue weighted by Crippen LogP contribution is -2.39. The molecule has 5 heteroatoms. The van der Waals surface area contributed by atoms with Crippen molar-refractivity contribution in [2.75, 3.05) is 13.1 Å². The van der Waals surface area contributed by atoms with Gasteiger partial charge in [-0.25, -0.2) is 4.98 Å². The number of carbonyl (C=O) groups excluding carboxylic acids is 1. The minimum atomic E-state index is 0.0110. The number of hydrogen-bond donors (Lipinski definition) is 2. The SMILES string of the molecule is Cc1cccc2oc(CCNC(=O)CC3(CN)CCCCC3)nc12. The van der Waals surface area contributed by atoms with Gasteiger partial charge in [-0.05, 0) is 43.4 Å². The molecule has 1 amide bonds. The van der Waals surface area contributed by atoms with E-state index in [1.807, 2.05) is 25.1 Å². The Balaban J connectivity index is 1.51. The summed E-state index contributed by atoms with van der Waals surface area (Å²) in [5, 5.41) is 3.00. The normalized spacial score (nSPS) is 17.1. The summed E-state index contributed by atoms with van der Waals surface area (Å²) < 4.78 is 5.74. The first-order valence-corrected chi connectivity index (χ1v) is 8.94. The number of oxazole rings is 1. The molecule has 0 atom stereocenters. The summed E-state index contributed by atoms with van der Waals surface area (Å²) >= 11 is 0.